The first-order valence-corrected chi connectivity index (χ1v) is 7.15. The van der Waals surface area contributed by atoms with Crippen LogP contribution in [-0.4, -0.2) is 49.5 Å². The Kier molecular flexibility index (Phi) is 6.75. The van der Waals surface area contributed by atoms with Crippen molar-refractivity contribution >= 4 is 5.91 Å². The van der Waals surface area contributed by atoms with Gasteiger partial charge in [0.15, 0.2) is 0 Å². The van der Waals surface area contributed by atoms with Crippen LogP contribution in [0, 0.1) is 5.92 Å². The second-order valence-electron chi connectivity index (χ2n) is 5.92. The van der Waals surface area contributed by atoms with Gasteiger partial charge in [-0.15, -0.1) is 0 Å². The summed E-state index contributed by atoms with van der Waals surface area (Å²) in [4.78, 5) is 11.8. The van der Waals surface area contributed by atoms with Crippen molar-refractivity contribution in [3.05, 3.63) is 0 Å². The molecule has 0 aromatic carbocycles. The van der Waals surface area contributed by atoms with Gasteiger partial charge in [0, 0.05) is 18.7 Å². The van der Waals surface area contributed by atoms with Crippen molar-refractivity contribution in [1.82, 2.24) is 10.6 Å². The number of carbonyl (C=O) groups excluding carboxylic acids is 1. The number of aliphatic hydroxyl groups is 1. The van der Waals surface area contributed by atoms with Crippen LogP contribution in [0.3, 0.4) is 0 Å². The van der Waals surface area contributed by atoms with Crippen LogP contribution >= 0.6 is 0 Å². The highest BCUT2D eigenvalue weighted by Crippen LogP contribution is 2.31. The minimum Gasteiger partial charge on any atom is -0.394 e. The Morgan fingerprint density at radius 3 is 2.89 bits per heavy atom. The van der Waals surface area contributed by atoms with E-state index in [0.717, 1.165) is 19.3 Å². The Morgan fingerprint density at radius 2 is 2.32 bits per heavy atom. The van der Waals surface area contributed by atoms with Gasteiger partial charge in [-0.2, -0.15) is 0 Å². The topological polar surface area (TPSA) is 70.6 Å². The molecule has 0 heterocycles. The average molecular weight is 272 g/mol. The van der Waals surface area contributed by atoms with E-state index in [1.807, 2.05) is 6.92 Å². The number of nitrogens with one attached hydrogen (secondary N) is 2. The van der Waals surface area contributed by atoms with Gasteiger partial charge in [-0.05, 0) is 25.7 Å². The molecule has 5 nitrogen and oxygen atoms in total. The number of hydrogen-bond acceptors (Lipinski definition) is 4. The molecule has 112 valence electrons. The highest BCUT2D eigenvalue weighted by Gasteiger charge is 2.34. The molecule has 0 radical (unpaired) electrons. The van der Waals surface area contributed by atoms with Gasteiger partial charge in [0.05, 0.1) is 19.8 Å². The molecule has 5 heteroatoms. The van der Waals surface area contributed by atoms with E-state index in [1.165, 1.54) is 6.42 Å². The van der Waals surface area contributed by atoms with Gasteiger partial charge < -0.3 is 20.5 Å². The maximum Gasteiger partial charge on any atom is 0.234 e. The molecule has 0 aromatic rings. The van der Waals surface area contributed by atoms with Crippen molar-refractivity contribution in [2.45, 2.75) is 51.1 Å². The van der Waals surface area contributed by atoms with E-state index in [-0.39, 0.29) is 30.6 Å². The third-order valence-corrected chi connectivity index (χ3v) is 3.84. The molecule has 3 N–H and O–H groups in total. The summed E-state index contributed by atoms with van der Waals surface area (Å²) in [5.74, 6) is 0.555. The smallest absolute Gasteiger partial charge is 0.234 e. The van der Waals surface area contributed by atoms with Crippen LogP contribution in [0.5, 0.6) is 0 Å². The molecular weight excluding hydrogens is 244 g/mol. The molecule has 3 atom stereocenters. The zero-order valence-corrected chi connectivity index (χ0v) is 12.4. The first-order chi connectivity index (χ1) is 9.01. The fourth-order valence-corrected chi connectivity index (χ4v) is 2.91. The van der Waals surface area contributed by atoms with Gasteiger partial charge in [-0.3, -0.25) is 4.79 Å². The molecule has 0 aromatic heterocycles. The van der Waals surface area contributed by atoms with Gasteiger partial charge in [0.25, 0.3) is 0 Å². The van der Waals surface area contributed by atoms with Gasteiger partial charge in [-0.25, -0.2) is 0 Å². The number of aliphatic hydroxyl groups excluding tert-OH is 1. The molecule has 3 unspecified atom stereocenters. The molecule has 0 aliphatic heterocycles. The van der Waals surface area contributed by atoms with Crippen LogP contribution in [0.1, 0.15) is 39.5 Å². The number of methoxy groups -OCH3 is 1. The molecule has 0 bridgehead atoms. The lowest BCUT2D eigenvalue weighted by Crippen LogP contribution is -2.54. The van der Waals surface area contributed by atoms with Crippen molar-refractivity contribution in [1.29, 1.82) is 0 Å². The van der Waals surface area contributed by atoms with Gasteiger partial charge in [-0.1, -0.05) is 19.8 Å². The highest BCUT2D eigenvalue weighted by atomic mass is 16.5. The van der Waals surface area contributed by atoms with E-state index < -0.39 is 0 Å². The van der Waals surface area contributed by atoms with Crippen LogP contribution in [0.25, 0.3) is 0 Å². The van der Waals surface area contributed by atoms with E-state index in [0.29, 0.717) is 12.5 Å². The van der Waals surface area contributed by atoms with E-state index in [1.54, 1.807) is 7.11 Å². The number of carbonyl (C=O) groups is 1. The molecule has 1 fully saturated rings. The Labute approximate surface area is 116 Å². The largest absolute Gasteiger partial charge is 0.394 e. The quantitative estimate of drug-likeness (QED) is 0.637. The normalized spacial score (nSPS) is 28.9. The molecule has 1 aliphatic rings. The maximum atomic E-state index is 11.8. The molecule has 0 saturated heterocycles. The molecule has 1 amide bonds. The molecule has 1 rings (SSSR count). The van der Waals surface area contributed by atoms with Crippen molar-refractivity contribution in [3.8, 4) is 0 Å². The molecule has 0 spiro atoms. The number of hydrogen-bond donors (Lipinski definition) is 3. The third kappa shape index (κ3) is 5.47. The summed E-state index contributed by atoms with van der Waals surface area (Å²) in [5.41, 5.74) is -0.278. The number of rotatable bonds is 7. The average Bonchev–Trinajstić information content (AvgIpc) is 2.37. The minimum atomic E-state index is -0.278. The lowest BCUT2D eigenvalue weighted by Gasteiger charge is -2.39. The van der Waals surface area contributed by atoms with Crippen LogP contribution in [0.4, 0.5) is 0 Å². The zero-order chi connectivity index (χ0) is 14.3. The second-order valence-corrected chi connectivity index (χ2v) is 5.92. The van der Waals surface area contributed by atoms with Crippen LogP contribution in [0.2, 0.25) is 0 Å². The van der Waals surface area contributed by atoms with Crippen molar-refractivity contribution in [3.63, 3.8) is 0 Å². The molecule has 1 aliphatic carbocycles. The fourth-order valence-electron chi connectivity index (χ4n) is 2.91. The summed E-state index contributed by atoms with van der Waals surface area (Å²) in [5, 5.41) is 15.7. The monoisotopic (exact) mass is 272 g/mol. The van der Waals surface area contributed by atoms with E-state index in [2.05, 4.69) is 17.6 Å². The van der Waals surface area contributed by atoms with Crippen LogP contribution in [-0.2, 0) is 9.53 Å². The molecular formula is C14H28N2O3. The summed E-state index contributed by atoms with van der Waals surface area (Å²) < 4.78 is 4.98. The minimum absolute atomic E-state index is 0.00894. The molecule has 1 saturated carbocycles. The highest BCUT2D eigenvalue weighted by molar-refractivity contribution is 5.78. The zero-order valence-electron chi connectivity index (χ0n) is 12.4. The van der Waals surface area contributed by atoms with E-state index in [4.69, 9.17) is 4.74 Å². The predicted molar refractivity (Wildman–Crippen MR) is 74.9 cm³/mol. The van der Waals surface area contributed by atoms with Gasteiger partial charge in [0.1, 0.15) is 0 Å². The van der Waals surface area contributed by atoms with Crippen LogP contribution in [0.15, 0.2) is 0 Å². The van der Waals surface area contributed by atoms with Crippen LogP contribution < -0.4 is 10.6 Å². The Morgan fingerprint density at radius 1 is 1.58 bits per heavy atom. The third-order valence-electron chi connectivity index (χ3n) is 3.84. The number of ether oxygens (including phenoxy) is 1. The van der Waals surface area contributed by atoms with E-state index in [9.17, 15) is 9.90 Å². The Bertz CT molecular complexity index is 286. The predicted octanol–water partition coefficient (Wildman–Crippen LogP) is 0.668. The van der Waals surface area contributed by atoms with Crippen molar-refractivity contribution in [2.24, 2.45) is 5.92 Å². The maximum absolute atomic E-state index is 11.8. The first kappa shape index (κ1) is 16.4. The second kappa shape index (κ2) is 7.82. The Hall–Kier alpha value is -0.650. The summed E-state index contributed by atoms with van der Waals surface area (Å²) in [6.07, 6.45) is 4.19. The van der Waals surface area contributed by atoms with Gasteiger partial charge >= 0.3 is 0 Å². The summed E-state index contributed by atoms with van der Waals surface area (Å²) >= 11 is 0. The Balaban J connectivity index is 2.38. The summed E-state index contributed by atoms with van der Waals surface area (Å²) in [6, 6.07) is 0.00894. The first-order valence-electron chi connectivity index (χ1n) is 7.15. The lowest BCUT2D eigenvalue weighted by molar-refractivity contribution is -0.121. The summed E-state index contributed by atoms with van der Waals surface area (Å²) in [6.45, 7) is 4.96. The van der Waals surface area contributed by atoms with Crippen molar-refractivity contribution in [2.75, 3.05) is 26.9 Å². The van der Waals surface area contributed by atoms with Crippen molar-refractivity contribution < 1.29 is 14.6 Å². The summed E-state index contributed by atoms with van der Waals surface area (Å²) in [7, 11) is 1.62. The van der Waals surface area contributed by atoms with Gasteiger partial charge in [0.2, 0.25) is 5.91 Å². The lowest BCUT2D eigenvalue weighted by atomic mass is 9.77. The van der Waals surface area contributed by atoms with E-state index >= 15 is 0 Å². The number of amides is 1. The molecule has 19 heavy (non-hydrogen) atoms. The SMILES string of the molecule is COCC(C)NC(=O)CNC1(CO)CCCC(C)C1. The standard InChI is InChI=1S/C14H28N2O3/c1-11-5-4-6-14(7-11,10-17)15-8-13(18)16-12(2)9-19-3/h11-12,15,17H,4-10H2,1-3H3,(H,16,18). The fraction of sp³-hybridized carbons (Fsp3) is 0.929.